The molecule has 0 aliphatic carbocycles. The molecule has 30 heavy (non-hydrogen) atoms. The summed E-state index contributed by atoms with van der Waals surface area (Å²) in [6, 6.07) is 18.4. The van der Waals surface area contributed by atoms with E-state index in [1.54, 1.807) is 28.8 Å². The van der Waals surface area contributed by atoms with Gasteiger partial charge in [0, 0.05) is 21.3 Å². The Kier molecular flexibility index (Phi) is 5.91. The number of hydrogen-bond donors (Lipinski definition) is 1. The van der Waals surface area contributed by atoms with Crippen molar-refractivity contribution < 1.29 is 9.59 Å². The third-order valence-electron chi connectivity index (χ3n) is 4.26. The number of halogens is 1. The fourth-order valence-corrected chi connectivity index (χ4v) is 3.73. The van der Waals surface area contributed by atoms with Gasteiger partial charge in [0.2, 0.25) is 11.1 Å². The molecular formula is C21H16BrN5O2S. The molecule has 7 nitrogen and oxygen atoms in total. The molecule has 2 heterocycles. The lowest BCUT2D eigenvalue weighted by Crippen LogP contribution is -2.14. The molecule has 9 heteroatoms. The SMILES string of the molecule is CC(=O)c1cccc(NC(=O)CSc2nnc3ccc(-c4ccc(Br)cc4)nn23)c1. The number of rotatable bonds is 6. The molecule has 1 amide bonds. The van der Waals surface area contributed by atoms with E-state index in [1.165, 1.54) is 18.7 Å². The van der Waals surface area contributed by atoms with Crippen molar-refractivity contribution in [1.29, 1.82) is 0 Å². The van der Waals surface area contributed by atoms with Gasteiger partial charge in [0.15, 0.2) is 11.4 Å². The average Bonchev–Trinajstić information content (AvgIpc) is 3.15. The van der Waals surface area contributed by atoms with Crippen LogP contribution in [0, 0.1) is 0 Å². The zero-order valence-electron chi connectivity index (χ0n) is 15.9. The second-order valence-electron chi connectivity index (χ2n) is 6.45. The molecule has 0 atom stereocenters. The first-order valence-corrected chi connectivity index (χ1v) is 10.8. The maximum Gasteiger partial charge on any atom is 0.234 e. The maximum atomic E-state index is 12.3. The summed E-state index contributed by atoms with van der Waals surface area (Å²) >= 11 is 4.67. The van der Waals surface area contributed by atoms with Gasteiger partial charge in [0.1, 0.15) is 0 Å². The third-order valence-corrected chi connectivity index (χ3v) is 5.71. The standard InChI is InChI=1S/C21H16BrN5O2S/c1-13(28)15-3-2-4-17(11-15)23-20(29)12-30-21-25-24-19-10-9-18(26-27(19)21)14-5-7-16(22)8-6-14/h2-11H,12H2,1H3,(H,23,29). The molecule has 1 N–H and O–H groups in total. The molecule has 0 aliphatic rings. The number of Topliss-reactive ketones (excluding diaryl/α,β-unsaturated/α-hetero) is 1. The van der Waals surface area contributed by atoms with Crippen LogP contribution in [-0.2, 0) is 4.79 Å². The number of nitrogens with one attached hydrogen (secondary N) is 1. The number of ketones is 1. The van der Waals surface area contributed by atoms with Crippen molar-refractivity contribution in [1.82, 2.24) is 19.8 Å². The Balaban J connectivity index is 1.48. The Morgan fingerprint density at radius 1 is 1.07 bits per heavy atom. The Morgan fingerprint density at radius 3 is 2.63 bits per heavy atom. The highest BCUT2D eigenvalue weighted by Gasteiger charge is 2.12. The Labute approximate surface area is 185 Å². The van der Waals surface area contributed by atoms with Gasteiger partial charge in [0.25, 0.3) is 0 Å². The molecule has 0 fully saturated rings. The van der Waals surface area contributed by atoms with Gasteiger partial charge < -0.3 is 5.32 Å². The molecule has 0 spiro atoms. The number of nitrogens with zero attached hydrogens (tertiary/aromatic N) is 4. The summed E-state index contributed by atoms with van der Waals surface area (Å²) < 4.78 is 2.62. The van der Waals surface area contributed by atoms with E-state index in [1.807, 2.05) is 36.4 Å². The van der Waals surface area contributed by atoms with Gasteiger partial charge in [-0.05, 0) is 43.3 Å². The summed E-state index contributed by atoms with van der Waals surface area (Å²) in [7, 11) is 0. The van der Waals surface area contributed by atoms with E-state index >= 15 is 0 Å². The zero-order chi connectivity index (χ0) is 21.1. The number of anilines is 1. The van der Waals surface area contributed by atoms with E-state index in [2.05, 4.69) is 36.5 Å². The minimum atomic E-state index is -0.207. The number of aromatic nitrogens is 4. The molecule has 4 aromatic rings. The Hall–Kier alpha value is -3.04. The third kappa shape index (κ3) is 4.58. The molecule has 2 aromatic heterocycles. The van der Waals surface area contributed by atoms with Crippen molar-refractivity contribution in [2.75, 3.05) is 11.1 Å². The van der Waals surface area contributed by atoms with Crippen molar-refractivity contribution in [3.63, 3.8) is 0 Å². The smallest absolute Gasteiger partial charge is 0.234 e. The van der Waals surface area contributed by atoms with Gasteiger partial charge in [-0.25, -0.2) is 0 Å². The molecule has 0 unspecified atom stereocenters. The van der Waals surface area contributed by atoms with Gasteiger partial charge in [0.05, 0.1) is 11.4 Å². The summed E-state index contributed by atoms with van der Waals surface area (Å²) in [6.07, 6.45) is 0. The van der Waals surface area contributed by atoms with E-state index in [0.717, 1.165) is 15.7 Å². The van der Waals surface area contributed by atoms with Crippen LogP contribution in [0.15, 0.2) is 70.3 Å². The van der Waals surface area contributed by atoms with E-state index in [-0.39, 0.29) is 17.4 Å². The fourth-order valence-electron chi connectivity index (χ4n) is 2.78. The van der Waals surface area contributed by atoms with Gasteiger partial charge in [-0.1, -0.05) is 52.0 Å². The fraction of sp³-hybridized carbons (Fsp3) is 0.0952. The van der Waals surface area contributed by atoms with Crippen LogP contribution in [0.3, 0.4) is 0 Å². The minimum Gasteiger partial charge on any atom is -0.325 e. The van der Waals surface area contributed by atoms with Gasteiger partial charge in [-0.15, -0.1) is 10.2 Å². The molecule has 0 saturated heterocycles. The maximum absolute atomic E-state index is 12.3. The van der Waals surface area contributed by atoms with Crippen molar-refractivity contribution >= 4 is 50.7 Å². The van der Waals surface area contributed by atoms with E-state index < -0.39 is 0 Å². The van der Waals surface area contributed by atoms with Gasteiger partial charge in [-0.3, -0.25) is 9.59 Å². The summed E-state index contributed by atoms with van der Waals surface area (Å²) in [6.45, 7) is 1.49. The summed E-state index contributed by atoms with van der Waals surface area (Å²) in [5.74, 6) is -0.125. The lowest BCUT2D eigenvalue weighted by molar-refractivity contribution is -0.113. The average molecular weight is 482 g/mol. The molecule has 4 rings (SSSR count). The lowest BCUT2D eigenvalue weighted by Gasteiger charge is -2.06. The summed E-state index contributed by atoms with van der Waals surface area (Å²) in [5.41, 5.74) is 3.48. The van der Waals surface area contributed by atoms with Gasteiger partial charge >= 0.3 is 0 Å². The second-order valence-corrected chi connectivity index (χ2v) is 8.31. The van der Waals surface area contributed by atoms with Crippen molar-refractivity contribution in [2.24, 2.45) is 0 Å². The van der Waals surface area contributed by atoms with Crippen LogP contribution >= 0.6 is 27.7 Å². The zero-order valence-corrected chi connectivity index (χ0v) is 18.3. The Morgan fingerprint density at radius 2 is 1.87 bits per heavy atom. The first-order valence-electron chi connectivity index (χ1n) is 9.02. The van der Waals surface area contributed by atoms with Crippen LogP contribution in [0.25, 0.3) is 16.9 Å². The van der Waals surface area contributed by atoms with Crippen LogP contribution in [0.1, 0.15) is 17.3 Å². The van der Waals surface area contributed by atoms with Crippen LogP contribution in [0.2, 0.25) is 0 Å². The number of carbonyl (C=O) groups excluding carboxylic acids is 2. The number of carbonyl (C=O) groups is 2. The van der Waals surface area contributed by atoms with Gasteiger partial charge in [-0.2, -0.15) is 9.61 Å². The van der Waals surface area contributed by atoms with Crippen LogP contribution in [0.4, 0.5) is 5.69 Å². The van der Waals surface area contributed by atoms with Crippen LogP contribution < -0.4 is 5.32 Å². The number of benzene rings is 2. The number of thioether (sulfide) groups is 1. The molecule has 0 aliphatic heterocycles. The number of amides is 1. The number of fused-ring (bicyclic) bond motifs is 1. The van der Waals surface area contributed by atoms with Crippen molar-refractivity contribution in [2.45, 2.75) is 12.1 Å². The molecule has 0 saturated carbocycles. The van der Waals surface area contributed by atoms with E-state index in [0.29, 0.717) is 22.1 Å². The highest BCUT2D eigenvalue weighted by atomic mass is 79.9. The number of hydrogen-bond acceptors (Lipinski definition) is 6. The monoisotopic (exact) mass is 481 g/mol. The molecule has 2 aromatic carbocycles. The highest BCUT2D eigenvalue weighted by Crippen LogP contribution is 2.22. The first-order chi connectivity index (χ1) is 14.5. The van der Waals surface area contributed by atoms with Crippen molar-refractivity contribution in [3.05, 3.63) is 70.7 Å². The van der Waals surface area contributed by atoms with E-state index in [9.17, 15) is 9.59 Å². The minimum absolute atomic E-state index is 0.0527. The summed E-state index contributed by atoms with van der Waals surface area (Å²) in [5, 5.41) is 16.2. The Bertz CT molecular complexity index is 1240. The van der Waals surface area contributed by atoms with Crippen LogP contribution in [0.5, 0.6) is 0 Å². The predicted octanol–water partition coefficient (Wildman–Crippen LogP) is 4.49. The topological polar surface area (TPSA) is 89.2 Å². The summed E-state index contributed by atoms with van der Waals surface area (Å²) in [4.78, 5) is 23.8. The molecular weight excluding hydrogens is 466 g/mol. The largest absolute Gasteiger partial charge is 0.325 e. The molecule has 0 radical (unpaired) electrons. The quantitative estimate of drug-likeness (QED) is 0.322. The first kappa shape index (κ1) is 20.2. The predicted molar refractivity (Wildman–Crippen MR) is 120 cm³/mol. The van der Waals surface area contributed by atoms with Crippen molar-refractivity contribution in [3.8, 4) is 11.3 Å². The lowest BCUT2D eigenvalue weighted by atomic mass is 10.1. The van der Waals surface area contributed by atoms with Crippen LogP contribution in [-0.4, -0.2) is 37.3 Å². The molecule has 150 valence electrons. The second kappa shape index (κ2) is 8.76. The highest BCUT2D eigenvalue weighted by molar-refractivity contribution is 9.10. The van der Waals surface area contributed by atoms with E-state index in [4.69, 9.17) is 0 Å². The molecule has 0 bridgehead atoms. The normalized spacial score (nSPS) is 10.9.